The van der Waals surface area contributed by atoms with E-state index < -0.39 is 0 Å². The van der Waals surface area contributed by atoms with E-state index in [4.69, 9.17) is 33.7 Å². The monoisotopic (exact) mass is 319 g/mol. The van der Waals surface area contributed by atoms with Gasteiger partial charge in [0.1, 0.15) is 0 Å². The third kappa shape index (κ3) is 5.17. The topological polar surface area (TPSA) is 67.6 Å². The first-order chi connectivity index (χ1) is 9.47. The number of benzene rings is 1. The van der Waals surface area contributed by atoms with Crippen LogP contribution in [0.25, 0.3) is 0 Å². The number of anilines is 2. The predicted octanol–water partition coefficient (Wildman–Crippen LogP) is 2.48. The van der Waals surface area contributed by atoms with Gasteiger partial charge < -0.3 is 15.8 Å². The number of amides is 1. The van der Waals surface area contributed by atoms with Crippen molar-refractivity contribution in [1.82, 2.24) is 4.90 Å². The first-order valence-corrected chi connectivity index (χ1v) is 6.99. The van der Waals surface area contributed by atoms with Gasteiger partial charge in [0.05, 0.1) is 29.5 Å². The van der Waals surface area contributed by atoms with Crippen molar-refractivity contribution in [2.75, 3.05) is 44.4 Å². The third-order valence-electron chi connectivity index (χ3n) is 2.78. The number of carbonyl (C=O) groups excluding carboxylic acids is 1. The fraction of sp³-hybridized carbons (Fsp3) is 0.462. The summed E-state index contributed by atoms with van der Waals surface area (Å²) in [5, 5.41) is 3.46. The molecule has 0 aromatic heterocycles. The van der Waals surface area contributed by atoms with Gasteiger partial charge in [-0.05, 0) is 18.7 Å². The van der Waals surface area contributed by atoms with Gasteiger partial charge in [-0.15, -0.1) is 0 Å². The molecule has 0 aliphatic rings. The summed E-state index contributed by atoms with van der Waals surface area (Å²) in [4.78, 5) is 14.0. The van der Waals surface area contributed by atoms with Crippen LogP contribution in [0.3, 0.4) is 0 Å². The first kappa shape index (κ1) is 17.0. The molecule has 0 fully saturated rings. The molecule has 0 bridgehead atoms. The Kier molecular flexibility index (Phi) is 7.09. The summed E-state index contributed by atoms with van der Waals surface area (Å²) in [5.41, 5.74) is 6.53. The molecule has 0 heterocycles. The molecular weight excluding hydrogens is 301 g/mol. The van der Waals surface area contributed by atoms with Crippen LogP contribution < -0.4 is 11.1 Å². The summed E-state index contributed by atoms with van der Waals surface area (Å²) < 4.78 is 5.00. The number of rotatable bonds is 7. The number of carbonyl (C=O) groups is 1. The van der Waals surface area contributed by atoms with Gasteiger partial charge in [-0.1, -0.05) is 30.1 Å². The van der Waals surface area contributed by atoms with E-state index in [9.17, 15) is 4.79 Å². The number of nitrogens with one attached hydrogen (secondary N) is 1. The molecule has 0 saturated heterocycles. The van der Waals surface area contributed by atoms with Crippen LogP contribution in [0.1, 0.15) is 6.92 Å². The lowest BCUT2D eigenvalue weighted by atomic mass is 10.2. The zero-order chi connectivity index (χ0) is 15.1. The number of hydrogen-bond donors (Lipinski definition) is 2. The van der Waals surface area contributed by atoms with Gasteiger partial charge in [-0.2, -0.15) is 0 Å². The lowest BCUT2D eigenvalue weighted by molar-refractivity contribution is -0.117. The maximum Gasteiger partial charge on any atom is 0.238 e. The van der Waals surface area contributed by atoms with Gasteiger partial charge >= 0.3 is 0 Å². The number of halogens is 2. The van der Waals surface area contributed by atoms with E-state index in [2.05, 4.69) is 5.32 Å². The highest BCUT2D eigenvalue weighted by Gasteiger charge is 2.13. The number of likely N-dealkylation sites (N-methyl/N-ethyl adjacent to an activating group) is 1. The van der Waals surface area contributed by atoms with Crippen molar-refractivity contribution >= 4 is 40.5 Å². The molecule has 0 spiro atoms. The molecule has 112 valence electrons. The Bertz CT molecular complexity index is 446. The Balaban J connectivity index is 2.66. The number of nitrogens with zero attached hydrogens (tertiary/aromatic N) is 1. The standard InChI is InChI=1S/C13H19Cl2N3O2/c1-3-18(4-5-20-2)8-12(19)17-13-10(15)6-9(14)7-11(13)16/h6-7H,3-5,8,16H2,1-2H3,(H,17,19). The molecule has 7 heteroatoms. The maximum absolute atomic E-state index is 12.0. The summed E-state index contributed by atoms with van der Waals surface area (Å²) in [5.74, 6) is -0.182. The Morgan fingerprint density at radius 3 is 2.70 bits per heavy atom. The Morgan fingerprint density at radius 1 is 1.45 bits per heavy atom. The third-order valence-corrected chi connectivity index (χ3v) is 3.29. The smallest absolute Gasteiger partial charge is 0.238 e. The fourth-order valence-corrected chi connectivity index (χ4v) is 2.23. The van der Waals surface area contributed by atoms with Crippen LogP contribution >= 0.6 is 23.2 Å². The van der Waals surface area contributed by atoms with Gasteiger partial charge in [0, 0.05) is 18.7 Å². The summed E-state index contributed by atoms with van der Waals surface area (Å²) in [6.45, 7) is 4.24. The molecule has 0 radical (unpaired) electrons. The van der Waals surface area contributed by atoms with Crippen molar-refractivity contribution < 1.29 is 9.53 Å². The Hall–Kier alpha value is -1.01. The van der Waals surface area contributed by atoms with Crippen molar-refractivity contribution in [3.63, 3.8) is 0 Å². The zero-order valence-corrected chi connectivity index (χ0v) is 13.1. The lowest BCUT2D eigenvalue weighted by Gasteiger charge is -2.19. The summed E-state index contributed by atoms with van der Waals surface area (Å²) >= 11 is 11.8. The lowest BCUT2D eigenvalue weighted by Crippen LogP contribution is -2.35. The minimum absolute atomic E-state index is 0.182. The summed E-state index contributed by atoms with van der Waals surface area (Å²) in [6, 6.07) is 3.09. The van der Waals surface area contributed by atoms with E-state index >= 15 is 0 Å². The van der Waals surface area contributed by atoms with E-state index in [1.165, 1.54) is 6.07 Å². The highest BCUT2D eigenvalue weighted by atomic mass is 35.5. The molecular formula is C13H19Cl2N3O2. The second-order valence-electron chi connectivity index (χ2n) is 4.26. The molecule has 1 aromatic rings. The van der Waals surface area contributed by atoms with Crippen LogP contribution in [0.4, 0.5) is 11.4 Å². The Morgan fingerprint density at radius 2 is 2.15 bits per heavy atom. The van der Waals surface area contributed by atoms with Crippen molar-refractivity contribution in [2.24, 2.45) is 0 Å². The highest BCUT2D eigenvalue weighted by molar-refractivity contribution is 6.37. The SMILES string of the molecule is CCN(CCOC)CC(=O)Nc1c(N)cc(Cl)cc1Cl. The molecule has 1 aromatic carbocycles. The average Bonchev–Trinajstić information content (AvgIpc) is 2.38. The van der Waals surface area contributed by atoms with Gasteiger partial charge in [0.15, 0.2) is 0 Å². The van der Waals surface area contributed by atoms with Crippen molar-refractivity contribution in [2.45, 2.75) is 6.92 Å². The fourth-order valence-electron chi connectivity index (χ4n) is 1.68. The van der Waals surface area contributed by atoms with Crippen LogP contribution in [-0.4, -0.2) is 44.2 Å². The molecule has 0 atom stereocenters. The molecule has 5 nitrogen and oxygen atoms in total. The molecule has 20 heavy (non-hydrogen) atoms. The van der Waals surface area contributed by atoms with E-state index in [-0.39, 0.29) is 12.5 Å². The van der Waals surface area contributed by atoms with Gasteiger partial charge in [-0.25, -0.2) is 0 Å². The summed E-state index contributed by atoms with van der Waals surface area (Å²) in [6.07, 6.45) is 0. The van der Waals surface area contributed by atoms with E-state index in [0.29, 0.717) is 34.6 Å². The van der Waals surface area contributed by atoms with Crippen molar-refractivity contribution in [3.8, 4) is 0 Å². The van der Waals surface area contributed by atoms with Crippen LogP contribution in [0.5, 0.6) is 0 Å². The number of methoxy groups -OCH3 is 1. The zero-order valence-electron chi connectivity index (χ0n) is 11.6. The normalized spacial score (nSPS) is 10.8. The van der Waals surface area contributed by atoms with Gasteiger partial charge in [0.25, 0.3) is 0 Å². The second kappa shape index (κ2) is 8.32. The average molecular weight is 320 g/mol. The van der Waals surface area contributed by atoms with Crippen LogP contribution in [0, 0.1) is 0 Å². The summed E-state index contributed by atoms with van der Waals surface area (Å²) in [7, 11) is 1.63. The van der Waals surface area contributed by atoms with E-state index in [0.717, 1.165) is 6.54 Å². The van der Waals surface area contributed by atoms with Crippen molar-refractivity contribution in [1.29, 1.82) is 0 Å². The van der Waals surface area contributed by atoms with Crippen LogP contribution in [0.2, 0.25) is 10.0 Å². The first-order valence-electron chi connectivity index (χ1n) is 6.23. The molecule has 0 unspecified atom stereocenters. The maximum atomic E-state index is 12.0. The molecule has 1 amide bonds. The minimum atomic E-state index is -0.182. The van der Waals surface area contributed by atoms with Crippen LogP contribution in [-0.2, 0) is 9.53 Å². The van der Waals surface area contributed by atoms with E-state index in [1.807, 2.05) is 11.8 Å². The highest BCUT2D eigenvalue weighted by Crippen LogP contribution is 2.31. The number of nitrogen functional groups attached to an aromatic ring is 1. The minimum Gasteiger partial charge on any atom is -0.397 e. The largest absolute Gasteiger partial charge is 0.397 e. The Labute approximate surface area is 129 Å². The quantitative estimate of drug-likeness (QED) is 0.758. The predicted molar refractivity (Wildman–Crippen MR) is 83.5 cm³/mol. The second-order valence-corrected chi connectivity index (χ2v) is 5.11. The molecule has 0 saturated carbocycles. The molecule has 3 N–H and O–H groups in total. The molecule has 0 aliphatic carbocycles. The van der Waals surface area contributed by atoms with E-state index in [1.54, 1.807) is 13.2 Å². The molecule has 0 aliphatic heterocycles. The van der Waals surface area contributed by atoms with Crippen molar-refractivity contribution in [3.05, 3.63) is 22.2 Å². The van der Waals surface area contributed by atoms with Gasteiger partial charge in [0.2, 0.25) is 5.91 Å². The van der Waals surface area contributed by atoms with Crippen LogP contribution in [0.15, 0.2) is 12.1 Å². The number of ether oxygens (including phenoxy) is 1. The molecule has 1 rings (SSSR count). The number of nitrogens with two attached hydrogens (primary N) is 1. The number of hydrogen-bond acceptors (Lipinski definition) is 4. The van der Waals surface area contributed by atoms with Gasteiger partial charge in [-0.3, -0.25) is 9.69 Å².